The van der Waals surface area contributed by atoms with Crippen molar-refractivity contribution in [1.29, 1.82) is 0 Å². The van der Waals surface area contributed by atoms with Crippen LogP contribution in [-0.4, -0.2) is 36.4 Å². The summed E-state index contributed by atoms with van der Waals surface area (Å²) in [5.74, 6) is -0.0410. The number of aromatic nitrogens is 2. The summed E-state index contributed by atoms with van der Waals surface area (Å²) in [6.07, 6.45) is 0. The molecule has 0 spiro atoms. The van der Waals surface area contributed by atoms with Crippen LogP contribution in [0.25, 0.3) is 16.6 Å². The molecule has 6 nitrogen and oxygen atoms in total. The molecule has 0 unspecified atom stereocenters. The molecule has 170 valence electrons. The average Bonchev–Trinajstić information content (AvgIpc) is 2.80. The summed E-state index contributed by atoms with van der Waals surface area (Å²) in [6.45, 7) is 1.66. The molecule has 0 N–H and O–H groups in total. The smallest absolute Gasteiger partial charge is 0.266 e. The van der Waals surface area contributed by atoms with Gasteiger partial charge in [0.25, 0.3) is 5.56 Å². The van der Waals surface area contributed by atoms with Gasteiger partial charge in [-0.25, -0.2) is 22.1 Å². The molecule has 0 saturated heterocycles. The van der Waals surface area contributed by atoms with E-state index in [0.29, 0.717) is 33.1 Å². The Balaban J connectivity index is 1.78. The second-order valence-electron chi connectivity index (χ2n) is 7.71. The number of hydrogen-bond donors (Lipinski definition) is 0. The molecule has 0 aliphatic carbocycles. The Morgan fingerprint density at radius 3 is 2.52 bits per heavy atom. The highest BCUT2D eigenvalue weighted by Gasteiger charge is 2.18. The molecule has 1 heterocycles. The molecule has 1 aromatic heterocycles. The van der Waals surface area contributed by atoms with Crippen LogP contribution in [-0.2, 0) is 15.8 Å². The van der Waals surface area contributed by atoms with Crippen LogP contribution in [0.1, 0.15) is 11.1 Å². The molecule has 0 amide bonds. The van der Waals surface area contributed by atoms with E-state index in [0.717, 1.165) is 9.87 Å². The fourth-order valence-corrected chi connectivity index (χ4v) is 5.24. The number of sulfonamides is 1. The molecule has 3 aromatic carbocycles. The highest BCUT2D eigenvalue weighted by atomic mass is 32.2. The third-order valence-corrected chi connectivity index (χ3v) is 8.02. The van der Waals surface area contributed by atoms with E-state index in [2.05, 4.69) is 4.98 Å². The van der Waals surface area contributed by atoms with Crippen molar-refractivity contribution in [3.8, 4) is 5.69 Å². The molecule has 0 fully saturated rings. The first-order chi connectivity index (χ1) is 15.7. The van der Waals surface area contributed by atoms with Gasteiger partial charge in [-0.1, -0.05) is 42.1 Å². The molecule has 0 aliphatic rings. The van der Waals surface area contributed by atoms with Crippen molar-refractivity contribution in [2.75, 3.05) is 14.1 Å². The number of halogens is 1. The summed E-state index contributed by atoms with van der Waals surface area (Å²) in [6, 6.07) is 18.3. The Morgan fingerprint density at radius 2 is 1.79 bits per heavy atom. The fourth-order valence-electron chi connectivity index (χ4n) is 3.31. The van der Waals surface area contributed by atoms with Gasteiger partial charge in [0.1, 0.15) is 5.82 Å². The first-order valence-electron chi connectivity index (χ1n) is 10.1. The van der Waals surface area contributed by atoms with Gasteiger partial charge in [-0.05, 0) is 54.4 Å². The molecule has 9 heteroatoms. The van der Waals surface area contributed by atoms with E-state index in [9.17, 15) is 17.6 Å². The summed E-state index contributed by atoms with van der Waals surface area (Å²) in [5.41, 5.74) is 1.86. The van der Waals surface area contributed by atoms with Crippen LogP contribution in [0.2, 0.25) is 0 Å². The van der Waals surface area contributed by atoms with Crippen molar-refractivity contribution in [3.05, 3.63) is 94.0 Å². The van der Waals surface area contributed by atoms with Crippen LogP contribution in [0.3, 0.4) is 0 Å². The predicted octanol–water partition coefficient (Wildman–Crippen LogP) is 4.38. The Bertz CT molecular complexity index is 1520. The molecular weight excluding hydrogens is 461 g/mol. The Hall–Kier alpha value is -3.01. The number of nitrogens with zero attached hydrogens (tertiary/aromatic N) is 3. The zero-order valence-corrected chi connectivity index (χ0v) is 20.0. The Labute approximate surface area is 195 Å². The topological polar surface area (TPSA) is 72.3 Å². The molecular formula is C24H22FN3O3S2. The minimum absolute atomic E-state index is 0.190. The second kappa shape index (κ2) is 9.09. The Kier molecular flexibility index (Phi) is 6.38. The summed E-state index contributed by atoms with van der Waals surface area (Å²) in [7, 11) is -0.604. The Morgan fingerprint density at radius 1 is 1.03 bits per heavy atom. The van der Waals surface area contributed by atoms with Gasteiger partial charge in [0.05, 0.1) is 21.5 Å². The quantitative estimate of drug-likeness (QED) is 0.301. The third-order valence-electron chi connectivity index (χ3n) is 5.20. The largest absolute Gasteiger partial charge is 0.268 e. The first-order valence-corrected chi connectivity index (χ1v) is 12.5. The van der Waals surface area contributed by atoms with Crippen molar-refractivity contribution < 1.29 is 12.8 Å². The van der Waals surface area contributed by atoms with Crippen molar-refractivity contribution in [2.45, 2.75) is 22.7 Å². The van der Waals surface area contributed by atoms with Crippen molar-refractivity contribution in [1.82, 2.24) is 13.9 Å². The molecule has 0 saturated carbocycles. The van der Waals surface area contributed by atoms with E-state index < -0.39 is 15.8 Å². The highest BCUT2D eigenvalue weighted by molar-refractivity contribution is 7.98. The van der Waals surface area contributed by atoms with Gasteiger partial charge in [-0.15, -0.1) is 0 Å². The van der Waals surface area contributed by atoms with Crippen LogP contribution >= 0.6 is 11.8 Å². The summed E-state index contributed by atoms with van der Waals surface area (Å²) >= 11 is 1.28. The maximum absolute atomic E-state index is 14.3. The summed E-state index contributed by atoms with van der Waals surface area (Å²) in [5, 5.41) is 0.824. The van der Waals surface area contributed by atoms with Crippen molar-refractivity contribution in [3.63, 3.8) is 0 Å². The lowest BCUT2D eigenvalue weighted by Crippen LogP contribution is -2.22. The number of aryl methyl sites for hydroxylation is 1. The number of benzene rings is 3. The predicted molar refractivity (Wildman–Crippen MR) is 129 cm³/mol. The van der Waals surface area contributed by atoms with E-state index >= 15 is 0 Å². The minimum atomic E-state index is -3.57. The second-order valence-corrected chi connectivity index (χ2v) is 10.8. The molecule has 0 atom stereocenters. The fraction of sp³-hybridized carbons (Fsp3) is 0.167. The first kappa shape index (κ1) is 23.2. The van der Waals surface area contributed by atoms with Gasteiger partial charge in [0.2, 0.25) is 10.0 Å². The number of para-hydroxylation sites is 1. The standard InChI is InChI=1S/C24H22FN3O3S2/c1-16-11-12-18(14-21(16)25)28-23(29)20-9-4-5-10-22(20)26-24(28)32-15-17-7-6-8-19(13-17)33(30,31)27(2)3/h4-14H,15H2,1-3H3. The van der Waals surface area contributed by atoms with Crippen LogP contribution in [0.4, 0.5) is 4.39 Å². The van der Waals surface area contributed by atoms with Crippen LogP contribution in [0.15, 0.2) is 81.6 Å². The lowest BCUT2D eigenvalue weighted by molar-refractivity contribution is 0.520. The number of thioether (sulfide) groups is 1. The monoisotopic (exact) mass is 483 g/mol. The SMILES string of the molecule is Cc1ccc(-n2c(SCc3cccc(S(=O)(=O)N(C)C)c3)nc3ccccc3c2=O)cc1F. The van der Waals surface area contributed by atoms with Crippen LogP contribution in [0, 0.1) is 12.7 Å². The third kappa shape index (κ3) is 4.57. The van der Waals surface area contributed by atoms with E-state index in [1.807, 2.05) is 6.07 Å². The van der Waals surface area contributed by atoms with Gasteiger partial charge in [0.15, 0.2) is 5.16 Å². The highest BCUT2D eigenvalue weighted by Crippen LogP contribution is 2.26. The maximum Gasteiger partial charge on any atom is 0.266 e. The molecule has 0 aliphatic heterocycles. The average molecular weight is 484 g/mol. The van der Waals surface area contributed by atoms with Gasteiger partial charge in [0, 0.05) is 19.8 Å². The van der Waals surface area contributed by atoms with Gasteiger partial charge in [-0.2, -0.15) is 0 Å². The minimum Gasteiger partial charge on any atom is -0.268 e. The molecule has 0 bridgehead atoms. The van der Waals surface area contributed by atoms with Crippen LogP contribution < -0.4 is 5.56 Å². The zero-order chi connectivity index (χ0) is 23.8. The summed E-state index contributed by atoms with van der Waals surface area (Å²) < 4.78 is 41.8. The van der Waals surface area contributed by atoms with Gasteiger partial charge in [-0.3, -0.25) is 9.36 Å². The number of hydrogen-bond acceptors (Lipinski definition) is 5. The molecule has 4 aromatic rings. The van der Waals surface area contributed by atoms with Gasteiger partial charge < -0.3 is 0 Å². The van der Waals surface area contributed by atoms with Crippen molar-refractivity contribution >= 4 is 32.7 Å². The van der Waals surface area contributed by atoms with E-state index in [1.165, 1.54) is 36.5 Å². The van der Waals surface area contributed by atoms with Crippen molar-refractivity contribution in [2.24, 2.45) is 0 Å². The normalized spacial score (nSPS) is 11.9. The maximum atomic E-state index is 14.3. The molecule has 0 radical (unpaired) electrons. The number of rotatable bonds is 6. The zero-order valence-electron chi connectivity index (χ0n) is 18.3. The lowest BCUT2D eigenvalue weighted by Gasteiger charge is -2.15. The molecule has 4 rings (SSSR count). The van der Waals surface area contributed by atoms with E-state index in [4.69, 9.17) is 0 Å². The molecule has 33 heavy (non-hydrogen) atoms. The number of fused-ring (bicyclic) bond motifs is 1. The van der Waals surface area contributed by atoms with E-state index in [-0.39, 0.29) is 10.5 Å². The van der Waals surface area contributed by atoms with Crippen LogP contribution in [0.5, 0.6) is 0 Å². The van der Waals surface area contributed by atoms with Gasteiger partial charge >= 0.3 is 0 Å². The lowest BCUT2D eigenvalue weighted by atomic mass is 10.2. The van der Waals surface area contributed by atoms with E-state index in [1.54, 1.807) is 61.5 Å². The summed E-state index contributed by atoms with van der Waals surface area (Å²) in [4.78, 5) is 18.2.